The lowest BCUT2D eigenvalue weighted by atomic mass is 10.3. The van der Waals surface area contributed by atoms with E-state index in [-0.39, 0.29) is 18.5 Å². The van der Waals surface area contributed by atoms with Gasteiger partial charge in [-0.1, -0.05) is 15.9 Å². The number of hydrogen-bond acceptors (Lipinski definition) is 4. The van der Waals surface area contributed by atoms with Gasteiger partial charge in [0.2, 0.25) is 0 Å². The van der Waals surface area contributed by atoms with E-state index in [0.29, 0.717) is 5.33 Å². The first kappa shape index (κ1) is 13.4. The lowest BCUT2D eigenvalue weighted by Gasteiger charge is -2.14. The van der Waals surface area contributed by atoms with Crippen LogP contribution >= 0.6 is 15.9 Å². The zero-order valence-electron chi connectivity index (χ0n) is 8.58. The van der Waals surface area contributed by atoms with Crippen molar-refractivity contribution in [3.8, 4) is 0 Å². The molecule has 82 valence electrons. The third-order valence-electron chi connectivity index (χ3n) is 1.27. The Morgan fingerprint density at radius 1 is 1.29 bits per heavy atom. The van der Waals surface area contributed by atoms with Crippen LogP contribution in [0.15, 0.2) is 0 Å². The van der Waals surface area contributed by atoms with Gasteiger partial charge in [-0.25, -0.2) is 0 Å². The summed E-state index contributed by atoms with van der Waals surface area (Å²) in [4.78, 5) is 21.8. The van der Waals surface area contributed by atoms with Crippen molar-refractivity contribution in [2.45, 2.75) is 39.4 Å². The van der Waals surface area contributed by atoms with Crippen molar-refractivity contribution in [2.24, 2.45) is 0 Å². The summed E-state index contributed by atoms with van der Waals surface area (Å²) in [6.45, 7) is 4.85. The molecule has 0 aromatic heterocycles. The van der Waals surface area contributed by atoms with Gasteiger partial charge in [-0.2, -0.15) is 0 Å². The van der Waals surface area contributed by atoms with E-state index in [1.165, 1.54) is 6.92 Å². The van der Waals surface area contributed by atoms with Crippen LogP contribution in [0.2, 0.25) is 0 Å². The van der Waals surface area contributed by atoms with Crippen LogP contribution in [0.25, 0.3) is 0 Å². The first-order chi connectivity index (χ1) is 6.45. The summed E-state index contributed by atoms with van der Waals surface area (Å²) in [7, 11) is 0. The van der Waals surface area contributed by atoms with Gasteiger partial charge in [0, 0.05) is 12.3 Å². The molecule has 14 heavy (non-hydrogen) atoms. The van der Waals surface area contributed by atoms with Crippen LogP contribution in [0.4, 0.5) is 0 Å². The highest BCUT2D eigenvalue weighted by atomic mass is 79.9. The molecule has 0 spiro atoms. The van der Waals surface area contributed by atoms with Gasteiger partial charge in [-0.3, -0.25) is 9.59 Å². The number of esters is 2. The number of ether oxygens (including phenoxy) is 2. The summed E-state index contributed by atoms with van der Waals surface area (Å²) in [6, 6.07) is 0. The minimum absolute atomic E-state index is 0.0863. The summed E-state index contributed by atoms with van der Waals surface area (Å²) in [6.07, 6.45) is -0.502. The highest BCUT2D eigenvalue weighted by Gasteiger charge is 2.17. The molecule has 1 atom stereocenters. The van der Waals surface area contributed by atoms with E-state index in [2.05, 4.69) is 15.9 Å². The van der Waals surface area contributed by atoms with E-state index in [1.807, 2.05) is 0 Å². The molecule has 0 aromatic rings. The Morgan fingerprint density at radius 3 is 2.21 bits per heavy atom. The van der Waals surface area contributed by atoms with Crippen LogP contribution in [-0.2, 0) is 19.1 Å². The highest BCUT2D eigenvalue weighted by Crippen LogP contribution is 2.06. The number of alkyl halides is 1. The summed E-state index contributed by atoms with van der Waals surface area (Å²) in [5.41, 5.74) is 0. The van der Waals surface area contributed by atoms with Crippen molar-refractivity contribution in [1.29, 1.82) is 0 Å². The Hall–Kier alpha value is -0.580. The molecule has 0 heterocycles. The van der Waals surface area contributed by atoms with E-state index in [0.717, 1.165) is 0 Å². The Morgan fingerprint density at radius 2 is 1.86 bits per heavy atom. The maximum absolute atomic E-state index is 11.2. The number of carbonyl (C=O) groups is 2. The average Bonchev–Trinajstić information content (AvgIpc) is 2.00. The Labute approximate surface area is 92.1 Å². The van der Waals surface area contributed by atoms with Gasteiger partial charge in [0.15, 0.2) is 0 Å². The summed E-state index contributed by atoms with van der Waals surface area (Å²) < 4.78 is 9.78. The van der Waals surface area contributed by atoms with Gasteiger partial charge in [0.25, 0.3) is 0 Å². The molecule has 0 rings (SSSR count). The SMILES string of the molecule is CC(=O)OC(CBr)CC(=O)OC(C)C. The normalized spacial score (nSPS) is 12.4. The van der Waals surface area contributed by atoms with E-state index >= 15 is 0 Å². The second-order valence-electron chi connectivity index (χ2n) is 3.13. The first-order valence-corrected chi connectivity index (χ1v) is 5.50. The van der Waals surface area contributed by atoms with Crippen LogP contribution in [0.5, 0.6) is 0 Å². The fourth-order valence-corrected chi connectivity index (χ4v) is 1.22. The molecule has 1 unspecified atom stereocenters. The topological polar surface area (TPSA) is 52.6 Å². The maximum atomic E-state index is 11.2. The van der Waals surface area contributed by atoms with Crippen molar-refractivity contribution in [3.63, 3.8) is 0 Å². The molecule has 0 aliphatic rings. The van der Waals surface area contributed by atoms with Gasteiger partial charge in [-0.05, 0) is 13.8 Å². The maximum Gasteiger partial charge on any atom is 0.309 e. The lowest BCUT2D eigenvalue weighted by molar-refractivity contribution is -0.154. The second-order valence-corrected chi connectivity index (χ2v) is 3.78. The Balaban J connectivity index is 3.92. The number of halogens is 1. The fourth-order valence-electron chi connectivity index (χ4n) is 0.859. The Kier molecular flexibility index (Phi) is 6.53. The summed E-state index contributed by atoms with van der Waals surface area (Å²) >= 11 is 3.15. The molecule has 0 amide bonds. The second kappa shape index (κ2) is 6.81. The minimum atomic E-state index is -0.446. The molecular formula is C9H15BrO4. The van der Waals surface area contributed by atoms with Crippen LogP contribution in [-0.4, -0.2) is 29.5 Å². The molecule has 0 radical (unpaired) electrons. The van der Waals surface area contributed by atoms with Gasteiger partial charge in [0.05, 0.1) is 12.5 Å². The van der Waals surface area contributed by atoms with Crippen molar-refractivity contribution in [3.05, 3.63) is 0 Å². The molecule has 0 N–H and O–H groups in total. The number of carbonyl (C=O) groups excluding carboxylic acids is 2. The fraction of sp³-hybridized carbons (Fsp3) is 0.778. The van der Waals surface area contributed by atoms with Gasteiger partial charge < -0.3 is 9.47 Å². The zero-order chi connectivity index (χ0) is 11.1. The zero-order valence-corrected chi connectivity index (χ0v) is 10.2. The predicted octanol–water partition coefficient (Wildman–Crippen LogP) is 1.65. The molecule has 0 aliphatic heterocycles. The molecule has 0 fully saturated rings. The monoisotopic (exact) mass is 266 g/mol. The van der Waals surface area contributed by atoms with Crippen LogP contribution in [0.3, 0.4) is 0 Å². The van der Waals surface area contributed by atoms with E-state index in [4.69, 9.17) is 9.47 Å². The molecule has 0 aliphatic carbocycles. The third-order valence-corrected chi connectivity index (χ3v) is 1.99. The molecular weight excluding hydrogens is 252 g/mol. The molecule has 5 heteroatoms. The molecule has 0 saturated carbocycles. The van der Waals surface area contributed by atoms with Crippen molar-refractivity contribution in [1.82, 2.24) is 0 Å². The third kappa shape index (κ3) is 6.88. The van der Waals surface area contributed by atoms with E-state index in [9.17, 15) is 9.59 Å². The minimum Gasteiger partial charge on any atom is -0.463 e. The number of rotatable bonds is 5. The van der Waals surface area contributed by atoms with Crippen molar-refractivity contribution in [2.75, 3.05) is 5.33 Å². The smallest absolute Gasteiger partial charge is 0.309 e. The standard InChI is InChI=1S/C9H15BrO4/c1-6(2)13-9(12)4-8(5-10)14-7(3)11/h6,8H,4-5H2,1-3H3. The van der Waals surface area contributed by atoms with Gasteiger partial charge in [0.1, 0.15) is 6.10 Å². The van der Waals surface area contributed by atoms with E-state index < -0.39 is 12.1 Å². The predicted molar refractivity (Wildman–Crippen MR) is 55.2 cm³/mol. The number of hydrogen-bond donors (Lipinski definition) is 0. The summed E-state index contributed by atoms with van der Waals surface area (Å²) in [5, 5.41) is 0.430. The van der Waals surface area contributed by atoms with Crippen LogP contribution in [0.1, 0.15) is 27.2 Å². The average molecular weight is 267 g/mol. The summed E-state index contributed by atoms with van der Waals surface area (Å²) in [5.74, 6) is -0.752. The van der Waals surface area contributed by atoms with Crippen LogP contribution in [0, 0.1) is 0 Å². The van der Waals surface area contributed by atoms with Gasteiger partial charge in [-0.15, -0.1) is 0 Å². The van der Waals surface area contributed by atoms with E-state index in [1.54, 1.807) is 13.8 Å². The van der Waals surface area contributed by atoms with Crippen molar-refractivity contribution >= 4 is 27.9 Å². The largest absolute Gasteiger partial charge is 0.463 e. The molecule has 0 saturated heterocycles. The molecule has 0 aromatic carbocycles. The highest BCUT2D eigenvalue weighted by molar-refractivity contribution is 9.09. The quantitative estimate of drug-likeness (QED) is 0.561. The Bertz CT molecular complexity index is 203. The first-order valence-electron chi connectivity index (χ1n) is 4.38. The van der Waals surface area contributed by atoms with Gasteiger partial charge >= 0.3 is 11.9 Å². The van der Waals surface area contributed by atoms with Crippen LogP contribution < -0.4 is 0 Å². The van der Waals surface area contributed by atoms with Crippen molar-refractivity contribution < 1.29 is 19.1 Å². The lowest BCUT2D eigenvalue weighted by Crippen LogP contribution is -2.24. The molecule has 4 nitrogen and oxygen atoms in total. The molecule has 0 bridgehead atoms.